The number of phenols is 1. The van der Waals surface area contributed by atoms with Gasteiger partial charge in [0.05, 0.1) is 11.6 Å². The molecule has 1 aromatic carbocycles. The first kappa shape index (κ1) is 9.34. The number of aromatic hydroxyl groups is 1. The fourth-order valence-electron chi connectivity index (χ4n) is 1.79. The molecule has 1 aliphatic heterocycles. The summed E-state index contributed by atoms with van der Waals surface area (Å²) in [7, 11) is 0. The second-order valence-corrected chi connectivity index (χ2v) is 4.36. The maximum absolute atomic E-state index is 9.84. The lowest BCUT2D eigenvalue weighted by molar-refractivity contribution is 0.0613. The van der Waals surface area contributed by atoms with Crippen molar-refractivity contribution in [3.05, 3.63) is 23.8 Å². The van der Waals surface area contributed by atoms with E-state index in [1.807, 2.05) is 6.07 Å². The van der Waals surface area contributed by atoms with E-state index in [1.54, 1.807) is 26.0 Å². The van der Waals surface area contributed by atoms with E-state index >= 15 is 0 Å². The Hall–Kier alpha value is -1.22. The molecule has 0 bridgehead atoms. The monoisotopic (exact) mass is 193 g/mol. The van der Waals surface area contributed by atoms with E-state index in [-0.39, 0.29) is 6.04 Å². The average molecular weight is 193 g/mol. The van der Waals surface area contributed by atoms with E-state index in [0.717, 1.165) is 11.3 Å². The third kappa shape index (κ3) is 1.44. The fraction of sp³-hybridized carbons (Fsp3) is 0.455. The van der Waals surface area contributed by atoms with Gasteiger partial charge in [0.25, 0.3) is 0 Å². The standard InChI is InChI=1S/C11H15NO2/c1-11(2,14)10-6-7-8(12-10)4-3-5-9(7)13/h3-5,10,12-14H,6H2,1-2H3. The van der Waals surface area contributed by atoms with Gasteiger partial charge in [-0.25, -0.2) is 0 Å². The molecule has 14 heavy (non-hydrogen) atoms. The molecule has 1 atom stereocenters. The number of anilines is 1. The molecule has 1 unspecified atom stereocenters. The van der Waals surface area contributed by atoms with Crippen LogP contribution in [0.15, 0.2) is 18.2 Å². The molecular formula is C11H15NO2. The Morgan fingerprint density at radius 3 is 2.71 bits per heavy atom. The van der Waals surface area contributed by atoms with Crippen LogP contribution in [-0.4, -0.2) is 21.9 Å². The van der Waals surface area contributed by atoms with Crippen LogP contribution in [0.1, 0.15) is 19.4 Å². The first-order valence-electron chi connectivity index (χ1n) is 4.78. The molecule has 1 aliphatic rings. The van der Waals surface area contributed by atoms with E-state index in [4.69, 9.17) is 0 Å². The summed E-state index contributed by atoms with van der Waals surface area (Å²) in [6, 6.07) is 5.37. The minimum atomic E-state index is -0.772. The molecule has 0 aromatic heterocycles. The Bertz CT molecular complexity index is 355. The largest absolute Gasteiger partial charge is 0.508 e. The highest BCUT2D eigenvalue weighted by atomic mass is 16.3. The molecule has 1 aromatic rings. The molecule has 0 fully saturated rings. The van der Waals surface area contributed by atoms with Crippen LogP contribution < -0.4 is 5.32 Å². The molecule has 0 amide bonds. The van der Waals surface area contributed by atoms with Crippen molar-refractivity contribution in [2.75, 3.05) is 5.32 Å². The normalized spacial score (nSPS) is 20.4. The molecule has 0 spiro atoms. The summed E-state index contributed by atoms with van der Waals surface area (Å²) in [5.41, 5.74) is 1.06. The number of hydrogen-bond donors (Lipinski definition) is 3. The van der Waals surface area contributed by atoms with Crippen molar-refractivity contribution >= 4 is 5.69 Å². The van der Waals surface area contributed by atoms with Crippen molar-refractivity contribution < 1.29 is 10.2 Å². The third-order valence-corrected chi connectivity index (χ3v) is 2.74. The smallest absolute Gasteiger partial charge is 0.120 e. The molecule has 3 nitrogen and oxygen atoms in total. The van der Waals surface area contributed by atoms with Crippen LogP contribution in [0.3, 0.4) is 0 Å². The number of hydrogen-bond acceptors (Lipinski definition) is 3. The van der Waals surface area contributed by atoms with Crippen LogP contribution in [0, 0.1) is 0 Å². The third-order valence-electron chi connectivity index (χ3n) is 2.74. The molecule has 2 rings (SSSR count). The number of benzene rings is 1. The van der Waals surface area contributed by atoms with E-state index in [0.29, 0.717) is 12.2 Å². The summed E-state index contributed by atoms with van der Waals surface area (Å²) in [6.07, 6.45) is 0.672. The van der Waals surface area contributed by atoms with Crippen molar-refractivity contribution in [1.82, 2.24) is 0 Å². The zero-order valence-electron chi connectivity index (χ0n) is 8.41. The Kier molecular flexibility index (Phi) is 1.93. The quantitative estimate of drug-likeness (QED) is 0.633. The Balaban J connectivity index is 2.31. The highest BCUT2D eigenvalue weighted by Gasteiger charge is 2.33. The predicted molar refractivity (Wildman–Crippen MR) is 55.5 cm³/mol. The number of fused-ring (bicyclic) bond motifs is 1. The van der Waals surface area contributed by atoms with Gasteiger partial charge < -0.3 is 15.5 Å². The lowest BCUT2D eigenvalue weighted by atomic mass is 9.96. The highest BCUT2D eigenvalue weighted by Crippen LogP contribution is 2.35. The summed E-state index contributed by atoms with van der Waals surface area (Å²) in [5, 5.41) is 22.6. The molecule has 76 valence electrons. The van der Waals surface area contributed by atoms with Crippen LogP contribution in [0.25, 0.3) is 0 Å². The number of phenolic OH excluding ortho intramolecular Hbond substituents is 1. The maximum Gasteiger partial charge on any atom is 0.120 e. The zero-order chi connectivity index (χ0) is 10.3. The van der Waals surface area contributed by atoms with Crippen molar-refractivity contribution in [1.29, 1.82) is 0 Å². The Labute approximate surface area is 83.4 Å². The van der Waals surface area contributed by atoms with Crippen LogP contribution >= 0.6 is 0 Å². The number of rotatable bonds is 1. The van der Waals surface area contributed by atoms with Crippen molar-refractivity contribution in [3.63, 3.8) is 0 Å². The zero-order valence-corrected chi connectivity index (χ0v) is 8.41. The second kappa shape index (κ2) is 2.89. The van der Waals surface area contributed by atoms with Gasteiger partial charge in [-0.3, -0.25) is 0 Å². The van der Waals surface area contributed by atoms with E-state index in [2.05, 4.69) is 5.32 Å². The van der Waals surface area contributed by atoms with Crippen molar-refractivity contribution in [3.8, 4) is 5.75 Å². The first-order chi connectivity index (χ1) is 6.48. The second-order valence-electron chi connectivity index (χ2n) is 4.36. The van der Waals surface area contributed by atoms with Gasteiger partial charge in [-0.05, 0) is 26.0 Å². The number of nitrogens with one attached hydrogen (secondary N) is 1. The minimum Gasteiger partial charge on any atom is -0.508 e. The van der Waals surface area contributed by atoms with Crippen molar-refractivity contribution in [2.45, 2.75) is 31.9 Å². The summed E-state index contributed by atoms with van der Waals surface area (Å²) in [5.74, 6) is 0.307. The van der Waals surface area contributed by atoms with E-state index < -0.39 is 5.60 Å². The first-order valence-corrected chi connectivity index (χ1v) is 4.78. The molecule has 0 saturated carbocycles. The average Bonchev–Trinajstić information content (AvgIpc) is 2.48. The molecule has 1 heterocycles. The topological polar surface area (TPSA) is 52.5 Å². The van der Waals surface area contributed by atoms with Gasteiger partial charge in [0, 0.05) is 17.7 Å². The SMILES string of the molecule is CC(C)(O)C1Cc2c(O)cccc2N1. The highest BCUT2D eigenvalue weighted by molar-refractivity contribution is 5.62. The Morgan fingerprint density at radius 2 is 2.14 bits per heavy atom. The predicted octanol–water partition coefficient (Wildman–Crippen LogP) is 1.50. The van der Waals surface area contributed by atoms with Gasteiger partial charge in [0.2, 0.25) is 0 Å². The van der Waals surface area contributed by atoms with Gasteiger partial charge in [0.15, 0.2) is 0 Å². The van der Waals surface area contributed by atoms with Gasteiger partial charge >= 0.3 is 0 Å². The summed E-state index contributed by atoms with van der Waals surface area (Å²) >= 11 is 0. The minimum absolute atomic E-state index is 0.0224. The molecule has 0 radical (unpaired) electrons. The van der Waals surface area contributed by atoms with Gasteiger partial charge in [0.1, 0.15) is 5.75 Å². The fourth-order valence-corrected chi connectivity index (χ4v) is 1.79. The Morgan fingerprint density at radius 1 is 1.43 bits per heavy atom. The van der Waals surface area contributed by atoms with Gasteiger partial charge in [-0.1, -0.05) is 6.07 Å². The van der Waals surface area contributed by atoms with Crippen LogP contribution in [0.5, 0.6) is 5.75 Å². The van der Waals surface area contributed by atoms with Crippen LogP contribution in [0.2, 0.25) is 0 Å². The lowest BCUT2D eigenvalue weighted by Gasteiger charge is -2.25. The summed E-state index contributed by atoms with van der Waals surface area (Å²) in [4.78, 5) is 0. The molecule has 0 aliphatic carbocycles. The summed E-state index contributed by atoms with van der Waals surface area (Å²) in [6.45, 7) is 3.54. The van der Waals surface area contributed by atoms with Gasteiger partial charge in [-0.15, -0.1) is 0 Å². The molecule has 0 saturated heterocycles. The van der Waals surface area contributed by atoms with E-state index in [9.17, 15) is 10.2 Å². The molecule has 3 heteroatoms. The van der Waals surface area contributed by atoms with Crippen LogP contribution in [0.4, 0.5) is 5.69 Å². The number of aliphatic hydroxyl groups is 1. The lowest BCUT2D eigenvalue weighted by Crippen LogP contribution is -2.40. The maximum atomic E-state index is 9.84. The van der Waals surface area contributed by atoms with Crippen molar-refractivity contribution in [2.24, 2.45) is 0 Å². The van der Waals surface area contributed by atoms with E-state index in [1.165, 1.54) is 0 Å². The molecule has 3 N–H and O–H groups in total. The summed E-state index contributed by atoms with van der Waals surface area (Å²) < 4.78 is 0. The molecular weight excluding hydrogens is 178 g/mol. The van der Waals surface area contributed by atoms with Crippen LogP contribution in [-0.2, 0) is 6.42 Å². The van der Waals surface area contributed by atoms with Gasteiger partial charge in [-0.2, -0.15) is 0 Å².